The lowest BCUT2D eigenvalue weighted by atomic mass is 10.2. The van der Waals surface area contributed by atoms with Crippen molar-refractivity contribution in [1.82, 2.24) is 4.57 Å². The molecule has 3 aromatic rings. The van der Waals surface area contributed by atoms with Gasteiger partial charge in [0.15, 0.2) is 5.58 Å². The number of fused-ring (bicyclic) bond motifs is 1. The van der Waals surface area contributed by atoms with Gasteiger partial charge in [-0.25, -0.2) is 13.2 Å². The van der Waals surface area contributed by atoms with E-state index in [1.165, 1.54) is 4.57 Å². The molecule has 26 heavy (non-hydrogen) atoms. The van der Waals surface area contributed by atoms with E-state index >= 15 is 0 Å². The van der Waals surface area contributed by atoms with Crippen LogP contribution in [-0.4, -0.2) is 25.1 Å². The minimum atomic E-state index is -3.47. The molecule has 0 aliphatic rings. The number of carbonyl (C=O) groups excluding carboxylic acids is 1. The lowest BCUT2D eigenvalue weighted by Gasteiger charge is -2.12. The number of sulfonamides is 1. The Morgan fingerprint density at radius 1 is 1.08 bits per heavy atom. The summed E-state index contributed by atoms with van der Waals surface area (Å²) in [6.07, 6.45) is 1.05. The molecule has 1 aromatic heterocycles. The maximum atomic E-state index is 12.2. The Balaban J connectivity index is 1.72. The Bertz CT molecular complexity index is 1110. The van der Waals surface area contributed by atoms with Crippen molar-refractivity contribution in [3.8, 4) is 0 Å². The molecule has 0 spiro atoms. The van der Waals surface area contributed by atoms with Crippen molar-refractivity contribution in [3.63, 3.8) is 0 Å². The van der Waals surface area contributed by atoms with Crippen LogP contribution in [0.3, 0.4) is 0 Å². The summed E-state index contributed by atoms with van der Waals surface area (Å²) in [5, 5.41) is 2.65. The van der Waals surface area contributed by atoms with Gasteiger partial charge in [0, 0.05) is 13.0 Å². The minimum absolute atomic E-state index is 0.0244. The first-order valence-electron chi connectivity index (χ1n) is 7.78. The normalized spacial score (nSPS) is 11.4. The van der Waals surface area contributed by atoms with Gasteiger partial charge in [-0.05, 0) is 24.3 Å². The van der Waals surface area contributed by atoms with Gasteiger partial charge in [-0.1, -0.05) is 24.3 Å². The number of hydrogen-bond acceptors (Lipinski definition) is 5. The monoisotopic (exact) mass is 375 g/mol. The molecule has 0 saturated heterocycles. The highest BCUT2D eigenvalue weighted by Gasteiger charge is 2.12. The summed E-state index contributed by atoms with van der Waals surface area (Å²) >= 11 is 0. The molecule has 2 aromatic carbocycles. The maximum Gasteiger partial charge on any atom is 0.419 e. The molecule has 3 rings (SSSR count). The van der Waals surface area contributed by atoms with E-state index in [0.29, 0.717) is 16.8 Å². The first-order valence-corrected chi connectivity index (χ1v) is 9.68. The van der Waals surface area contributed by atoms with Crippen LogP contribution in [0.25, 0.3) is 11.1 Å². The van der Waals surface area contributed by atoms with Crippen LogP contribution in [0.1, 0.15) is 6.42 Å². The van der Waals surface area contributed by atoms with E-state index < -0.39 is 15.8 Å². The quantitative estimate of drug-likeness (QED) is 0.685. The number of carbonyl (C=O) groups is 1. The average molecular weight is 375 g/mol. The molecule has 0 atom stereocenters. The molecule has 0 aliphatic heterocycles. The number of aryl methyl sites for hydroxylation is 1. The number of nitrogens with zero attached hydrogens (tertiary/aromatic N) is 1. The molecule has 9 heteroatoms. The Kier molecular flexibility index (Phi) is 4.81. The molecule has 1 amide bonds. The number of hydrogen-bond donors (Lipinski definition) is 2. The van der Waals surface area contributed by atoms with E-state index in [0.717, 1.165) is 6.26 Å². The van der Waals surface area contributed by atoms with Crippen molar-refractivity contribution in [3.05, 3.63) is 59.1 Å². The second-order valence-electron chi connectivity index (χ2n) is 5.71. The van der Waals surface area contributed by atoms with E-state index in [1.807, 2.05) is 0 Å². The molecule has 136 valence electrons. The van der Waals surface area contributed by atoms with Crippen molar-refractivity contribution in [2.45, 2.75) is 13.0 Å². The highest BCUT2D eigenvalue weighted by molar-refractivity contribution is 7.92. The average Bonchev–Trinajstić information content (AvgIpc) is 2.89. The van der Waals surface area contributed by atoms with Gasteiger partial charge >= 0.3 is 5.76 Å². The third-order valence-corrected chi connectivity index (χ3v) is 4.22. The Morgan fingerprint density at radius 2 is 1.73 bits per heavy atom. The molecule has 0 aliphatic carbocycles. The molecular formula is C17H17N3O5S. The van der Waals surface area contributed by atoms with E-state index in [4.69, 9.17) is 4.42 Å². The predicted octanol–water partition coefficient (Wildman–Crippen LogP) is 1.99. The molecule has 2 N–H and O–H groups in total. The van der Waals surface area contributed by atoms with Crippen LogP contribution < -0.4 is 15.8 Å². The van der Waals surface area contributed by atoms with Crippen LogP contribution in [-0.2, 0) is 21.4 Å². The van der Waals surface area contributed by atoms with Crippen LogP contribution in [0, 0.1) is 0 Å². The summed E-state index contributed by atoms with van der Waals surface area (Å²) in [6.45, 7) is 0.142. The summed E-state index contributed by atoms with van der Waals surface area (Å²) in [5.41, 5.74) is 1.69. The van der Waals surface area contributed by atoms with Gasteiger partial charge in [0.25, 0.3) is 0 Å². The molecule has 0 unspecified atom stereocenters. The van der Waals surface area contributed by atoms with Crippen molar-refractivity contribution in [2.24, 2.45) is 0 Å². The lowest BCUT2D eigenvalue weighted by molar-refractivity contribution is -0.116. The number of aromatic nitrogens is 1. The fourth-order valence-electron chi connectivity index (χ4n) is 2.53. The third-order valence-electron chi connectivity index (χ3n) is 3.63. The smallest absolute Gasteiger partial charge is 0.408 e. The summed E-state index contributed by atoms with van der Waals surface area (Å²) in [4.78, 5) is 24.1. The molecule has 0 fully saturated rings. The predicted molar refractivity (Wildman–Crippen MR) is 98.6 cm³/mol. The van der Waals surface area contributed by atoms with Crippen molar-refractivity contribution < 1.29 is 17.6 Å². The Morgan fingerprint density at radius 3 is 2.46 bits per heavy atom. The van der Waals surface area contributed by atoms with E-state index in [-0.39, 0.29) is 24.6 Å². The summed E-state index contributed by atoms with van der Waals surface area (Å²) < 4.78 is 31.7. The highest BCUT2D eigenvalue weighted by atomic mass is 32.2. The fourth-order valence-corrected chi connectivity index (χ4v) is 3.11. The fraction of sp³-hybridized carbons (Fsp3) is 0.176. The standard InChI is InChI=1S/C17H17N3O5S/c1-26(23,24)19-13-7-3-2-6-12(13)18-16(21)10-11-20-14-8-4-5-9-15(14)25-17(20)22/h2-9,19H,10-11H2,1H3,(H,18,21). The van der Waals surface area contributed by atoms with Crippen LogP contribution in [0.15, 0.2) is 57.7 Å². The number of nitrogens with one attached hydrogen (secondary N) is 2. The van der Waals surface area contributed by atoms with Crippen LogP contribution in [0.5, 0.6) is 0 Å². The van der Waals surface area contributed by atoms with Gasteiger partial charge in [0.1, 0.15) is 0 Å². The zero-order chi connectivity index (χ0) is 18.7. The third kappa shape index (κ3) is 4.12. The molecule has 0 radical (unpaired) electrons. The first-order chi connectivity index (χ1) is 12.3. The first kappa shape index (κ1) is 17.7. The minimum Gasteiger partial charge on any atom is -0.408 e. The summed E-state index contributed by atoms with van der Waals surface area (Å²) in [7, 11) is -3.47. The maximum absolute atomic E-state index is 12.2. The number of benzene rings is 2. The highest BCUT2D eigenvalue weighted by Crippen LogP contribution is 2.22. The zero-order valence-corrected chi connectivity index (χ0v) is 14.7. The molecular weight excluding hydrogens is 358 g/mol. The lowest BCUT2D eigenvalue weighted by Crippen LogP contribution is -2.20. The zero-order valence-electron chi connectivity index (χ0n) is 13.9. The van der Waals surface area contributed by atoms with Gasteiger partial charge in [-0.2, -0.15) is 0 Å². The van der Waals surface area contributed by atoms with Gasteiger partial charge in [0.05, 0.1) is 23.1 Å². The second kappa shape index (κ2) is 7.04. The number of anilines is 2. The number of rotatable bonds is 6. The van der Waals surface area contributed by atoms with Crippen LogP contribution in [0.4, 0.5) is 11.4 Å². The van der Waals surface area contributed by atoms with Crippen molar-refractivity contribution in [2.75, 3.05) is 16.3 Å². The summed E-state index contributed by atoms with van der Waals surface area (Å²) in [6, 6.07) is 13.4. The molecule has 0 bridgehead atoms. The van der Waals surface area contributed by atoms with Gasteiger partial charge < -0.3 is 9.73 Å². The SMILES string of the molecule is CS(=O)(=O)Nc1ccccc1NC(=O)CCn1c(=O)oc2ccccc21. The number of oxazole rings is 1. The van der Waals surface area contributed by atoms with Gasteiger partial charge in [-0.3, -0.25) is 14.1 Å². The Labute approximate surface area is 149 Å². The van der Waals surface area contributed by atoms with Crippen LogP contribution in [0.2, 0.25) is 0 Å². The number of amides is 1. The van der Waals surface area contributed by atoms with Crippen molar-refractivity contribution >= 4 is 38.4 Å². The van der Waals surface area contributed by atoms with Crippen LogP contribution >= 0.6 is 0 Å². The van der Waals surface area contributed by atoms with Gasteiger partial charge in [0.2, 0.25) is 15.9 Å². The van der Waals surface area contributed by atoms with Crippen molar-refractivity contribution in [1.29, 1.82) is 0 Å². The molecule has 1 heterocycles. The van der Waals surface area contributed by atoms with E-state index in [9.17, 15) is 18.0 Å². The van der Waals surface area contributed by atoms with E-state index in [1.54, 1.807) is 48.5 Å². The van der Waals surface area contributed by atoms with Gasteiger partial charge in [-0.15, -0.1) is 0 Å². The molecule has 0 saturated carbocycles. The molecule has 8 nitrogen and oxygen atoms in total. The summed E-state index contributed by atoms with van der Waals surface area (Å²) in [5.74, 6) is -0.886. The topological polar surface area (TPSA) is 110 Å². The van der Waals surface area contributed by atoms with E-state index in [2.05, 4.69) is 10.0 Å². The largest absolute Gasteiger partial charge is 0.419 e. The second-order valence-corrected chi connectivity index (χ2v) is 7.45. The number of para-hydroxylation sites is 4. The Hall–Kier alpha value is -3.07.